The molecule has 3 rings (SSSR count). The molecular formula is C22H23BrN6O6. The fourth-order valence-electron chi connectivity index (χ4n) is 2.48. The van der Waals surface area contributed by atoms with E-state index >= 15 is 0 Å². The number of aromatic nitrogens is 3. The molecule has 184 valence electrons. The van der Waals surface area contributed by atoms with Crippen LogP contribution in [0.5, 0.6) is 0 Å². The zero-order valence-electron chi connectivity index (χ0n) is 19.6. The van der Waals surface area contributed by atoms with Crippen molar-refractivity contribution in [3.63, 3.8) is 0 Å². The molecule has 12 nitrogen and oxygen atoms in total. The molecule has 3 aromatic rings. The van der Waals surface area contributed by atoms with Crippen molar-refractivity contribution in [3.8, 4) is 0 Å². The summed E-state index contributed by atoms with van der Waals surface area (Å²) in [5, 5.41) is 20.6. The number of nitrogens with two attached hydrogens (primary N) is 1. The molecule has 0 spiro atoms. The Morgan fingerprint density at radius 3 is 1.57 bits per heavy atom. The molecule has 0 aliphatic rings. The minimum Gasteiger partial charge on any atom is -0.397 e. The molecule has 0 unspecified atom stereocenters. The number of pyridine rings is 3. The topological polar surface area (TPSA) is 185 Å². The number of carbonyl (C=O) groups is 2. The Hall–Kier alpha value is -4.13. The van der Waals surface area contributed by atoms with Gasteiger partial charge in [0.2, 0.25) is 0 Å². The number of ketones is 2. The Morgan fingerprint density at radius 2 is 1.17 bits per heavy atom. The second kappa shape index (κ2) is 12.9. The number of hydrogen-bond donors (Lipinski definition) is 1. The van der Waals surface area contributed by atoms with Gasteiger partial charge >= 0.3 is 0 Å². The first-order valence-electron chi connectivity index (χ1n) is 9.86. The smallest absolute Gasteiger partial charge is 0.288 e. The van der Waals surface area contributed by atoms with Gasteiger partial charge in [0, 0.05) is 39.1 Å². The van der Waals surface area contributed by atoms with Crippen LogP contribution in [-0.4, -0.2) is 36.4 Å². The Bertz CT molecular complexity index is 1280. The fraction of sp³-hybridized carbons (Fsp3) is 0.227. The summed E-state index contributed by atoms with van der Waals surface area (Å²) < 4.78 is 0.659. The first kappa shape index (κ1) is 28.9. The van der Waals surface area contributed by atoms with E-state index in [9.17, 15) is 29.8 Å². The van der Waals surface area contributed by atoms with Crippen LogP contribution in [0.1, 0.15) is 51.6 Å². The molecule has 13 heteroatoms. The number of hydrogen-bond acceptors (Lipinski definition) is 10. The maximum absolute atomic E-state index is 11.0. The highest BCUT2D eigenvalue weighted by atomic mass is 79.9. The quantitative estimate of drug-likeness (QED) is 0.272. The molecule has 3 heterocycles. The molecule has 35 heavy (non-hydrogen) atoms. The highest BCUT2D eigenvalue weighted by Gasteiger charge is 2.12. The largest absolute Gasteiger partial charge is 0.397 e. The van der Waals surface area contributed by atoms with Crippen LogP contribution in [0.25, 0.3) is 0 Å². The number of nitrogen functional groups attached to an aromatic ring is 1. The summed E-state index contributed by atoms with van der Waals surface area (Å²) in [5.74, 6) is -0.212. The van der Waals surface area contributed by atoms with Crippen LogP contribution in [0.3, 0.4) is 0 Å². The molecule has 3 aromatic heterocycles. The van der Waals surface area contributed by atoms with Crippen LogP contribution in [0.15, 0.2) is 41.3 Å². The van der Waals surface area contributed by atoms with E-state index in [0.29, 0.717) is 27.0 Å². The van der Waals surface area contributed by atoms with Gasteiger partial charge in [-0.15, -0.1) is 0 Å². The summed E-state index contributed by atoms with van der Waals surface area (Å²) in [7, 11) is 0. The van der Waals surface area contributed by atoms with Gasteiger partial charge in [0.05, 0.1) is 27.4 Å². The number of halogens is 1. The van der Waals surface area contributed by atoms with Gasteiger partial charge in [0.1, 0.15) is 12.4 Å². The third kappa shape index (κ3) is 8.97. The highest BCUT2D eigenvalue weighted by Crippen LogP contribution is 2.19. The van der Waals surface area contributed by atoms with Crippen molar-refractivity contribution in [2.24, 2.45) is 0 Å². The van der Waals surface area contributed by atoms with Crippen LogP contribution in [-0.2, 0) is 0 Å². The minimum absolute atomic E-state index is 0.00213. The van der Waals surface area contributed by atoms with E-state index in [1.165, 1.54) is 32.2 Å². The Labute approximate surface area is 209 Å². The van der Waals surface area contributed by atoms with E-state index in [0.717, 1.165) is 17.6 Å². The van der Waals surface area contributed by atoms with Crippen LogP contribution >= 0.6 is 15.9 Å². The van der Waals surface area contributed by atoms with Gasteiger partial charge in [0.15, 0.2) is 11.6 Å². The SMILES string of the molecule is CC(=O)c1cc(N)cnc1C.CC(=O)c1cc([N+](=O)[O-])cnc1C.Cc1ncc([N+](=O)[O-])cc1Br. The molecule has 0 radical (unpaired) electrons. The summed E-state index contributed by atoms with van der Waals surface area (Å²) in [5.41, 5.74) is 8.71. The maximum atomic E-state index is 11.0. The van der Waals surface area contributed by atoms with Crippen molar-refractivity contribution in [2.45, 2.75) is 34.6 Å². The van der Waals surface area contributed by atoms with Crippen LogP contribution in [0, 0.1) is 41.0 Å². The van der Waals surface area contributed by atoms with Gasteiger partial charge in [-0.2, -0.15) is 0 Å². The van der Waals surface area contributed by atoms with Crippen LogP contribution < -0.4 is 5.73 Å². The van der Waals surface area contributed by atoms with Crippen molar-refractivity contribution in [1.82, 2.24) is 15.0 Å². The standard InChI is InChI=1S/C8H8N2O3.C8H10N2O.C6H5BrN2O2/c1-5-8(6(2)11)3-7(4-9-5)10(12)13;1-5-8(6(2)11)3-7(9)4-10-5;1-4-6(7)2-5(3-8-4)9(10)11/h3-4H,1-2H3;3-4H,9H2,1-2H3;2-3H,1H3. The van der Waals surface area contributed by atoms with E-state index in [4.69, 9.17) is 5.73 Å². The first-order valence-corrected chi connectivity index (χ1v) is 10.6. The van der Waals surface area contributed by atoms with Crippen molar-refractivity contribution in [3.05, 3.63) is 89.7 Å². The molecule has 0 saturated carbocycles. The number of rotatable bonds is 4. The van der Waals surface area contributed by atoms with E-state index in [-0.39, 0.29) is 22.9 Å². The second-order valence-electron chi connectivity index (χ2n) is 7.12. The second-order valence-corrected chi connectivity index (χ2v) is 7.97. The number of carbonyl (C=O) groups excluding carboxylic acids is 2. The van der Waals surface area contributed by atoms with Crippen molar-refractivity contribution in [1.29, 1.82) is 0 Å². The zero-order valence-corrected chi connectivity index (χ0v) is 21.2. The number of nitrogens with zero attached hydrogens (tertiary/aromatic N) is 5. The average Bonchev–Trinajstić information content (AvgIpc) is 2.77. The molecular weight excluding hydrogens is 524 g/mol. The molecule has 0 aromatic carbocycles. The van der Waals surface area contributed by atoms with Crippen molar-refractivity contribution < 1.29 is 19.4 Å². The van der Waals surface area contributed by atoms with E-state index in [1.807, 2.05) is 0 Å². The number of anilines is 1. The predicted molar refractivity (Wildman–Crippen MR) is 132 cm³/mol. The lowest BCUT2D eigenvalue weighted by atomic mass is 10.1. The lowest BCUT2D eigenvalue weighted by Gasteiger charge is -2.00. The monoisotopic (exact) mass is 546 g/mol. The normalized spacial score (nSPS) is 9.66. The first-order chi connectivity index (χ1) is 16.2. The number of nitro groups is 2. The van der Waals surface area contributed by atoms with E-state index in [1.54, 1.807) is 33.0 Å². The van der Waals surface area contributed by atoms with E-state index < -0.39 is 9.85 Å². The van der Waals surface area contributed by atoms with Crippen LogP contribution in [0.4, 0.5) is 17.1 Å². The summed E-state index contributed by atoms with van der Waals surface area (Å²) in [4.78, 5) is 52.9. The zero-order chi connectivity index (χ0) is 26.9. The van der Waals surface area contributed by atoms with Gasteiger partial charge in [-0.25, -0.2) is 0 Å². The maximum Gasteiger partial charge on any atom is 0.288 e. The molecule has 0 aliphatic heterocycles. The Morgan fingerprint density at radius 1 is 0.771 bits per heavy atom. The Balaban J connectivity index is 0.000000264. The van der Waals surface area contributed by atoms with Gasteiger partial charge < -0.3 is 5.73 Å². The number of aryl methyl sites for hydroxylation is 3. The summed E-state index contributed by atoms with van der Waals surface area (Å²) in [6, 6.07) is 4.32. The predicted octanol–water partition coefficient (Wildman–Crippen LogP) is 4.74. The molecule has 0 bridgehead atoms. The van der Waals surface area contributed by atoms with Crippen LogP contribution in [0.2, 0.25) is 0 Å². The Kier molecular flexibility index (Phi) is 10.7. The van der Waals surface area contributed by atoms with Gasteiger partial charge in [-0.1, -0.05) is 0 Å². The molecule has 0 saturated heterocycles. The van der Waals surface area contributed by atoms with E-state index in [2.05, 4.69) is 30.9 Å². The highest BCUT2D eigenvalue weighted by molar-refractivity contribution is 9.10. The third-order valence-corrected chi connectivity index (χ3v) is 5.17. The van der Waals surface area contributed by atoms with Gasteiger partial charge in [-0.3, -0.25) is 44.8 Å². The van der Waals surface area contributed by atoms with Crippen molar-refractivity contribution >= 4 is 44.6 Å². The minimum atomic E-state index is -0.571. The number of Topliss-reactive ketones (excluding diaryl/α,β-unsaturated/α-hetero) is 2. The lowest BCUT2D eigenvalue weighted by molar-refractivity contribution is -0.385. The molecule has 0 fully saturated rings. The molecule has 2 N–H and O–H groups in total. The lowest BCUT2D eigenvalue weighted by Crippen LogP contribution is -2.00. The molecule has 0 atom stereocenters. The third-order valence-electron chi connectivity index (χ3n) is 4.37. The van der Waals surface area contributed by atoms with Crippen molar-refractivity contribution in [2.75, 3.05) is 5.73 Å². The summed E-state index contributed by atoms with van der Waals surface area (Å²) in [6.45, 7) is 8.06. The molecule has 0 aliphatic carbocycles. The van der Waals surface area contributed by atoms with Gasteiger partial charge in [0.25, 0.3) is 11.4 Å². The summed E-state index contributed by atoms with van der Waals surface area (Å²) >= 11 is 3.15. The molecule has 0 amide bonds. The average molecular weight is 547 g/mol. The fourth-order valence-corrected chi connectivity index (χ4v) is 2.82. The summed E-state index contributed by atoms with van der Waals surface area (Å²) in [6.07, 6.45) is 3.92. The van der Waals surface area contributed by atoms with Gasteiger partial charge in [-0.05, 0) is 56.6 Å².